The summed E-state index contributed by atoms with van der Waals surface area (Å²) in [5.74, 6) is 0. The molecule has 0 saturated heterocycles. The molecule has 0 aliphatic heterocycles. The van der Waals surface area contributed by atoms with Crippen LogP contribution in [0.4, 0.5) is 5.69 Å². The number of nitrogen functional groups attached to an aromatic ring is 1. The lowest BCUT2D eigenvalue weighted by molar-refractivity contribution is 0.771. The van der Waals surface area contributed by atoms with Gasteiger partial charge >= 0.3 is 0 Å². The largest absolute Gasteiger partial charge is 0.394 e. The number of anilines is 1. The molecular formula is C9H8BrN3OS. The summed E-state index contributed by atoms with van der Waals surface area (Å²) in [6.45, 7) is 0.495. The van der Waals surface area contributed by atoms with Crippen LogP contribution >= 0.6 is 27.5 Å². The normalized spacial score (nSPS) is 10.5. The van der Waals surface area contributed by atoms with Crippen LogP contribution < -0.4 is 11.3 Å². The zero-order valence-corrected chi connectivity index (χ0v) is 10.1. The molecule has 0 fully saturated rings. The van der Waals surface area contributed by atoms with E-state index in [1.165, 1.54) is 11.5 Å². The monoisotopic (exact) mass is 285 g/mol. The van der Waals surface area contributed by atoms with Gasteiger partial charge in [0.15, 0.2) is 0 Å². The first-order valence-corrected chi connectivity index (χ1v) is 5.79. The highest BCUT2D eigenvalue weighted by molar-refractivity contribution is 9.10. The molecule has 4 nitrogen and oxygen atoms in total. The molecule has 2 aromatic heterocycles. The summed E-state index contributed by atoms with van der Waals surface area (Å²) < 4.78 is 6.50. The zero-order chi connectivity index (χ0) is 10.8. The second-order valence-corrected chi connectivity index (χ2v) is 4.73. The molecule has 0 spiro atoms. The van der Waals surface area contributed by atoms with E-state index in [1.807, 2.05) is 0 Å². The molecule has 2 rings (SSSR count). The van der Waals surface area contributed by atoms with Crippen LogP contribution in [0.15, 0.2) is 33.8 Å². The van der Waals surface area contributed by atoms with E-state index in [0.29, 0.717) is 6.54 Å². The van der Waals surface area contributed by atoms with Crippen molar-refractivity contribution in [1.82, 2.24) is 8.94 Å². The molecule has 0 radical (unpaired) electrons. The van der Waals surface area contributed by atoms with Crippen molar-refractivity contribution in [1.29, 1.82) is 0 Å². The predicted molar refractivity (Wildman–Crippen MR) is 64.0 cm³/mol. The van der Waals surface area contributed by atoms with E-state index in [4.69, 9.17) is 5.73 Å². The predicted octanol–water partition coefficient (Wildman–Crippen LogP) is 1.70. The van der Waals surface area contributed by atoms with Crippen LogP contribution in [0, 0.1) is 0 Å². The third-order valence-corrected chi connectivity index (χ3v) is 3.68. The van der Waals surface area contributed by atoms with Crippen molar-refractivity contribution in [3.8, 4) is 0 Å². The molecule has 0 saturated carbocycles. The smallest absolute Gasteiger partial charge is 0.273 e. The first-order valence-electron chi connectivity index (χ1n) is 4.22. The minimum absolute atomic E-state index is 0.169. The maximum absolute atomic E-state index is 11.6. The van der Waals surface area contributed by atoms with E-state index >= 15 is 0 Å². The number of hydrogen-bond acceptors (Lipinski definition) is 4. The first kappa shape index (κ1) is 10.4. The molecule has 0 aromatic carbocycles. The summed E-state index contributed by atoms with van der Waals surface area (Å²) in [7, 11) is 0. The first-order chi connectivity index (χ1) is 7.18. The molecule has 0 bridgehead atoms. The Morgan fingerprint density at radius 3 is 3.07 bits per heavy atom. The van der Waals surface area contributed by atoms with Gasteiger partial charge in [0.05, 0.1) is 27.8 Å². The van der Waals surface area contributed by atoms with Crippen LogP contribution in [0.3, 0.4) is 0 Å². The van der Waals surface area contributed by atoms with Crippen LogP contribution in [0.25, 0.3) is 0 Å². The number of rotatable bonds is 2. The summed E-state index contributed by atoms with van der Waals surface area (Å²) >= 11 is 4.73. The number of hydrogen-bond donors (Lipinski definition) is 1. The fourth-order valence-electron chi connectivity index (χ4n) is 1.19. The molecule has 0 aliphatic rings. The summed E-state index contributed by atoms with van der Waals surface area (Å²) in [4.78, 5) is 12.6. The lowest BCUT2D eigenvalue weighted by Crippen LogP contribution is -2.22. The second-order valence-electron chi connectivity index (χ2n) is 2.99. The van der Waals surface area contributed by atoms with Crippen molar-refractivity contribution in [2.24, 2.45) is 0 Å². The summed E-state index contributed by atoms with van der Waals surface area (Å²) in [6, 6.07) is 3.35. The summed E-state index contributed by atoms with van der Waals surface area (Å²) in [5, 5.41) is 0. The maximum Gasteiger partial charge on any atom is 0.273 e. The maximum atomic E-state index is 11.6. The van der Waals surface area contributed by atoms with Crippen molar-refractivity contribution in [3.63, 3.8) is 0 Å². The number of nitrogens with two attached hydrogens (primary N) is 1. The SMILES string of the molecule is Nc1cccn(Cc2sncc2Br)c1=O. The standard InChI is InChI=1S/C9H8BrN3OS/c10-6-4-12-15-8(6)5-13-3-1-2-7(11)9(13)14/h1-4H,5,11H2. The second kappa shape index (κ2) is 4.16. The molecule has 0 amide bonds. The van der Waals surface area contributed by atoms with E-state index in [1.54, 1.807) is 29.1 Å². The topological polar surface area (TPSA) is 60.9 Å². The van der Waals surface area contributed by atoms with Gasteiger partial charge in [-0.3, -0.25) is 4.79 Å². The minimum Gasteiger partial charge on any atom is -0.394 e. The quantitative estimate of drug-likeness (QED) is 0.914. The van der Waals surface area contributed by atoms with Crippen molar-refractivity contribution in [2.75, 3.05) is 5.73 Å². The molecule has 15 heavy (non-hydrogen) atoms. The van der Waals surface area contributed by atoms with Crippen molar-refractivity contribution in [2.45, 2.75) is 6.54 Å². The Labute approximate surface area is 98.7 Å². The van der Waals surface area contributed by atoms with Gasteiger partial charge in [0, 0.05) is 6.20 Å². The Morgan fingerprint density at radius 2 is 2.40 bits per heavy atom. The molecule has 0 aliphatic carbocycles. The molecular weight excluding hydrogens is 278 g/mol. The summed E-state index contributed by atoms with van der Waals surface area (Å²) in [6.07, 6.45) is 3.43. The van der Waals surface area contributed by atoms with Crippen LogP contribution in [-0.4, -0.2) is 8.94 Å². The summed E-state index contributed by atoms with van der Waals surface area (Å²) in [5.41, 5.74) is 5.62. The third kappa shape index (κ3) is 2.10. The van der Waals surface area contributed by atoms with Gasteiger partial charge in [-0.2, -0.15) is 4.37 Å². The van der Waals surface area contributed by atoms with Crippen LogP contribution in [0.5, 0.6) is 0 Å². The number of nitrogens with zero attached hydrogens (tertiary/aromatic N) is 2. The molecule has 6 heteroatoms. The van der Waals surface area contributed by atoms with Crippen LogP contribution in [0.1, 0.15) is 4.88 Å². The van der Waals surface area contributed by atoms with Gasteiger partial charge in [-0.1, -0.05) is 0 Å². The highest BCUT2D eigenvalue weighted by atomic mass is 79.9. The number of aromatic nitrogens is 2. The average molecular weight is 286 g/mol. The Balaban J connectivity index is 2.37. The van der Waals surface area contributed by atoms with E-state index < -0.39 is 0 Å². The fourth-order valence-corrected chi connectivity index (χ4v) is 2.39. The van der Waals surface area contributed by atoms with E-state index in [0.717, 1.165) is 9.35 Å². The Kier molecular flexibility index (Phi) is 2.88. The zero-order valence-electron chi connectivity index (χ0n) is 7.68. The van der Waals surface area contributed by atoms with Crippen molar-refractivity contribution >= 4 is 33.1 Å². The van der Waals surface area contributed by atoms with Crippen LogP contribution in [0.2, 0.25) is 0 Å². The number of halogens is 1. The van der Waals surface area contributed by atoms with E-state index in [-0.39, 0.29) is 11.2 Å². The Bertz CT molecular complexity index is 534. The lowest BCUT2D eigenvalue weighted by Gasteiger charge is -2.04. The van der Waals surface area contributed by atoms with Gasteiger partial charge in [-0.25, -0.2) is 0 Å². The van der Waals surface area contributed by atoms with E-state index in [9.17, 15) is 4.79 Å². The molecule has 2 aromatic rings. The number of pyridine rings is 1. The van der Waals surface area contributed by atoms with Gasteiger partial charge in [-0.05, 0) is 39.6 Å². The average Bonchev–Trinajstić information content (AvgIpc) is 2.60. The van der Waals surface area contributed by atoms with Gasteiger partial charge in [0.1, 0.15) is 0 Å². The van der Waals surface area contributed by atoms with Gasteiger partial charge in [-0.15, -0.1) is 0 Å². The Hall–Kier alpha value is -1.14. The third-order valence-electron chi connectivity index (χ3n) is 1.96. The molecule has 0 atom stereocenters. The fraction of sp³-hybridized carbons (Fsp3) is 0.111. The van der Waals surface area contributed by atoms with Crippen molar-refractivity contribution < 1.29 is 0 Å². The minimum atomic E-state index is -0.169. The van der Waals surface area contributed by atoms with Gasteiger partial charge in [0.2, 0.25) is 0 Å². The van der Waals surface area contributed by atoms with Crippen LogP contribution in [-0.2, 0) is 6.54 Å². The molecule has 2 N–H and O–H groups in total. The van der Waals surface area contributed by atoms with E-state index in [2.05, 4.69) is 20.3 Å². The lowest BCUT2D eigenvalue weighted by atomic mass is 10.4. The van der Waals surface area contributed by atoms with Gasteiger partial charge in [0.25, 0.3) is 5.56 Å². The van der Waals surface area contributed by atoms with Gasteiger partial charge < -0.3 is 10.3 Å². The molecule has 0 unspecified atom stereocenters. The Morgan fingerprint density at radius 1 is 1.60 bits per heavy atom. The highest BCUT2D eigenvalue weighted by Gasteiger charge is 2.05. The highest BCUT2D eigenvalue weighted by Crippen LogP contribution is 2.20. The molecule has 78 valence electrons. The molecule has 2 heterocycles. The van der Waals surface area contributed by atoms with Crippen molar-refractivity contribution in [3.05, 3.63) is 44.2 Å².